The summed E-state index contributed by atoms with van der Waals surface area (Å²) in [5, 5.41) is 9.79. The maximum Gasteiger partial charge on any atom is 0.258 e. The average molecular weight is 223 g/mol. The molecule has 0 spiro atoms. The monoisotopic (exact) mass is 223 g/mol. The third-order valence-corrected chi connectivity index (χ3v) is 3.13. The van der Waals surface area contributed by atoms with Crippen LogP contribution in [-0.4, -0.2) is 21.6 Å². The Morgan fingerprint density at radius 1 is 1.44 bits per heavy atom. The van der Waals surface area contributed by atoms with Gasteiger partial charge in [0, 0.05) is 6.42 Å². The van der Waals surface area contributed by atoms with Gasteiger partial charge in [-0.1, -0.05) is 12.8 Å². The lowest BCUT2D eigenvalue weighted by Gasteiger charge is -2.10. The minimum Gasteiger partial charge on any atom is -0.493 e. The summed E-state index contributed by atoms with van der Waals surface area (Å²) in [6.45, 7) is 0.408. The lowest BCUT2D eigenvalue weighted by molar-refractivity contribution is 0.432. The summed E-state index contributed by atoms with van der Waals surface area (Å²) in [5.74, 6) is 0.522. The molecule has 1 fully saturated rings. The minimum atomic E-state index is -0.206. The topological polar surface area (TPSA) is 92.0 Å². The smallest absolute Gasteiger partial charge is 0.258 e. The summed E-state index contributed by atoms with van der Waals surface area (Å²) in [6.07, 6.45) is 4.65. The van der Waals surface area contributed by atoms with E-state index >= 15 is 0 Å². The summed E-state index contributed by atoms with van der Waals surface area (Å²) in [4.78, 5) is 18.5. The van der Waals surface area contributed by atoms with Crippen molar-refractivity contribution in [3.05, 3.63) is 21.7 Å². The first-order chi connectivity index (χ1) is 7.72. The highest BCUT2D eigenvalue weighted by Gasteiger charge is 2.24. The molecular formula is C11H17N3O2. The highest BCUT2D eigenvalue weighted by molar-refractivity contribution is 5.27. The summed E-state index contributed by atoms with van der Waals surface area (Å²) < 4.78 is 0. The van der Waals surface area contributed by atoms with Crippen LogP contribution >= 0.6 is 0 Å². The zero-order chi connectivity index (χ0) is 11.5. The lowest BCUT2D eigenvalue weighted by atomic mass is 10.00. The van der Waals surface area contributed by atoms with Crippen LogP contribution in [0.15, 0.2) is 4.79 Å². The van der Waals surface area contributed by atoms with Gasteiger partial charge in [0.2, 0.25) is 5.88 Å². The van der Waals surface area contributed by atoms with Gasteiger partial charge < -0.3 is 15.8 Å². The van der Waals surface area contributed by atoms with Crippen molar-refractivity contribution in [2.24, 2.45) is 5.73 Å². The third-order valence-electron chi connectivity index (χ3n) is 3.13. The first-order valence-electron chi connectivity index (χ1n) is 5.74. The van der Waals surface area contributed by atoms with Crippen molar-refractivity contribution in [1.29, 1.82) is 0 Å². The predicted molar refractivity (Wildman–Crippen MR) is 60.5 cm³/mol. The summed E-state index contributed by atoms with van der Waals surface area (Å²) in [6, 6.07) is 0. The van der Waals surface area contributed by atoms with Crippen LogP contribution < -0.4 is 11.3 Å². The number of hydrogen-bond donors (Lipinski definition) is 3. The van der Waals surface area contributed by atoms with Gasteiger partial charge >= 0.3 is 0 Å². The molecule has 0 aliphatic heterocycles. The summed E-state index contributed by atoms with van der Waals surface area (Å²) in [7, 11) is 0. The molecule has 1 aliphatic carbocycles. The molecule has 0 unspecified atom stereocenters. The van der Waals surface area contributed by atoms with E-state index in [1.54, 1.807) is 0 Å². The van der Waals surface area contributed by atoms with Crippen LogP contribution in [0.25, 0.3) is 0 Å². The molecule has 4 N–H and O–H groups in total. The van der Waals surface area contributed by atoms with E-state index in [4.69, 9.17) is 5.73 Å². The summed E-state index contributed by atoms with van der Waals surface area (Å²) in [5.41, 5.74) is 5.63. The Kier molecular flexibility index (Phi) is 3.24. The number of hydrogen-bond acceptors (Lipinski definition) is 4. The number of rotatable bonds is 3. The maximum atomic E-state index is 11.8. The van der Waals surface area contributed by atoms with E-state index in [0.29, 0.717) is 24.4 Å². The Balaban J connectivity index is 2.35. The standard InChI is InChI=1S/C11H17N3O2/c12-6-5-8-13-10(15)9(11(16)14-8)7-3-1-2-4-7/h7H,1-6,12H2,(H2,13,14,15,16). The van der Waals surface area contributed by atoms with Crippen molar-refractivity contribution >= 4 is 0 Å². The minimum absolute atomic E-state index is 0.112. The van der Waals surface area contributed by atoms with E-state index in [0.717, 1.165) is 25.7 Å². The van der Waals surface area contributed by atoms with Gasteiger partial charge in [0.25, 0.3) is 5.56 Å². The van der Waals surface area contributed by atoms with Crippen molar-refractivity contribution in [3.63, 3.8) is 0 Å². The molecule has 5 heteroatoms. The average Bonchev–Trinajstić information content (AvgIpc) is 2.70. The van der Waals surface area contributed by atoms with Crippen molar-refractivity contribution < 1.29 is 5.11 Å². The molecule has 2 rings (SSSR count). The molecule has 16 heavy (non-hydrogen) atoms. The Morgan fingerprint density at radius 2 is 2.12 bits per heavy atom. The van der Waals surface area contributed by atoms with Crippen LogP contribution in [0.4, 0.5) is 0 Å². The van der Waals surface area contributed by atoms with E-state index in [1.165, 1.54) is 0 Å². The van der Waals surface area contributed by atoms with Crippen molar-refractivity contribution in [2.75, 3.05) is 6.54 Å². The van der Waals surface area contributed by atoms with E-state index in [9.17, 15) is 9.90 Å². The molecule has 1 aliphatic rings. The second kappa shape index (κ2) is 4.65. The van der Waals surface area contributed by atoms with Gasteiger partial charge in [0.15, 0.2) is 0 Å². The molecule has 5 nitrogen and oxygen atoms in total. The highest BCUT2D eigenvalue weighted by Crippen LogP contribution is 2.35. The molecule has 0 amide bonds. The number of nitrogens with one attached hydrogen (secondary N) is 1. The number of nitrogens with two attached hydrogens (primary N) is 1. The van der Waals surface area contributed by atoms with Crippen LogP contribution in [0.3, 0.4) is 0 Å². The quantitative estimate of drug-likeness (QED) is 0.701. The normalized spacial score (nSPS) is 16.8. The van der Waals surface area contributed by atoms with Gasteiger partial charge in [-0.05, 0) is 25.3 Å². The fraction of sp³-hybridized carbons (Fsp3) is 0.636. The fourth-order valence-corrected chi connectivity index (χ4v) is 2.35. The molecule has 1 aromatic rings. The second-order valence-corrected chi connectivity index (χ2v) is 4.27. The fourth-order valence-electron chi connectivity index (χ4n) is 2.35. The molecule has 0 saturated heterocycles. The van der Waals surface area contributed by atoms with Gasteiger partial charge in [-0.25, -0.2) is 4.98 Å². The third kappa shape index (κ3) is 2.09. The molecule has 0 aromatic carbocycles. The molecular weight excluding hydrogens is 206 g/mol. The number of aromatic amines is 1. The maximum absolute atomic E-state index is 11.8. The Bertz CT molecular complexity index is 422. The van der Waals surface area contributed by atoms with Gasteiger partial charge in [-0.3, -0.25) is 4.79 Å². The highest BCUT2D eigenvalue weighted by atomic mass is 16.3. The summed E-state index contributed by atoms with van der Waals surface area (Å²) >= 11 is 0. The molecule has 88 valence electrons. The number of aromatic hydroxyl groups is 1. The van der Waals surface area contributed by atoms with Crippen LogP contribution in [0, 0.1) is 0 Å². The molecule has 1 heterocycles. The number of aromatic nitrogens is 2. The van der Waals surface area contributed by atoms with Crippen LogP contribution in [-0.2, 0) is 6.42 Å². The lowest BCUT2D eigenvalue weighted by Crippen LogP contribution is -2.20. The van der Waals surface area contributed by atoms with Gasteiger partial charge in [0.05, 0.1) is 5.56 Å². The van der Waals surface area contributed by atoms with Crippen molar-refractivity contribution in [2.45, 2.75) is 38.0 Å². The van der Waals surface area contributed by atoms with Crippen LogP contribution in [0.2, 0.25) is 0 Å². The molecule has 1 saturated carbocycles. The van der Waals surface area contributed by atoms with Gasteiger partial charge in [0.1, 0.15) is 5.82 Å². The van der Waals surface area contributed by atoms with E-state index in [2.05, 4.69) is 9.97 Å². The SMILES string of the molecule is NCCc1nc(O)c(C2CCCC2)c(=O)[nH]1. The van der Waals surface area contributed by atoms with Crippen LogP contribution in [0.1, 0.15) is 43.0 Å². The predicted octanol–water partition coefficient (Wildman–Crippen LogP) is 0.634. The molecule has 0 bridgehead atoms. The van der Waals surface area contributed by atoms with Crippen LogP contribution in [0.5, 0.6) is 5.88 Å². The zero-order valence-electron chi connectivity index (χ0n) is 9.20. The Labute approximate surface area is 93.7 Å². The second-order valence-electron chi connectivity index (χ2n) is 4.27. The van der Waals surface area contributed by atoms with Crippen molar-refractivity contribution in [1.82, 2.24) is 9.97 Å². The van der Waals surface area contributed by atoms with Gasteiger partial charge in [-0.15, -0.1) is 0 Å². The van der Waals surface area contributed by atoms with E-state index in [1.807, 2.05) is 0 Å². The molecule has 0 atom stereocenters. The number of nitrogens with zero attached hydrogens (tertiary/aromatic N) is 1. The van der Waals surface area contributed by atoms with Gasteiger partial charge in [-0.2, -0.15) is 0 Å². The first-order valence-corrected chi connectivity index (χ1v) is 5.74. The zero-order valence-corrected chi connectivity index (χ0v) is 9.20. The molecule has 1 aromatic heterocycles. The van der Waals surface area contributed by atoms with E-state index < -0.39 is 0 Å². The van der Waals surface area contributed by atoms with E-state index in [-0.39, 0.29) is 17.4 Å². The largest absolute Gasteiger partial charge is 0.493 e. The first kappa shape index (κ1) is 11.1. The molecule has 0 radical (unpaired) electrons. The Morgan fingerprint density at radius 3 is 2.69 bits per heavy atom. The van der Waals surface area contributed by atoms with Crippen molar-refractivity contribution in [3.8, 4) is 5.88 Å². The Hall–Kier alpha value is -1.36. The number of H-pyrrole nitrogens is 1.